The Morgan fingerprint density at radius 2 is 1.48 bits per heavy atom. The van der Waals surface area contributed by atoms with Gasteiger partial charge in [-0.05, 0) is 6.42 Å². The first-order chi connectivity index (χ1) is 11.8. The average Bonchev–Trinajstić information content (AvgIpc) is 2.59. The Morgan fingerprint density at radius 1 is 0.920 bits per heavy atom. The molecule has 2 amide bonds. The van der Waals surface area contributed by atoms with Crippen LogP contribution >= 0.6 is 0 Å². The van der Waals surface area contributed by atoms with Gasteiger partial charge in [-0.2, -0.15) is 0 Å². The second kappa shape index (κ2) is 22.4. The number of hydrogen-bond acceptors (Lipinski definition) is 4. The van der Waals surface area contributed by atoms with Crippen LogP contribution in [0.25, 0.3) is 0 Å². The number of carbonyl (C=O) groups excluding carboxylic acids is 2. The van der Waals surface area contributed by atoms with Crippen molar-refractivity contribution in [2.24, 2.45) is 0 Å². The summed E-state index contributed by atoms with van der Waals surface area (Å²) in [5, 5.41) is 16.3. The lowest BCUT2D eigenvalue weighted by Crippen LogP contribution is -2.38. The summed E-state index contributed by atoms with van der Waals surface area (Å²) in [5.74, 6) is -0.951. The Morgan fingerprint density at radius 3 is 1.92 bits per heavy atom. The molecule has 0 heterocycles. The summed E-state index contributed by atoms with van der Waals surface area (Å²) in [5.41, 5.74) is 0. The maximum absolute atomic E-state index is 11.4. The van der Waals surface area contributed by atoms with Gasteiger partial charge in [-0.15, -0.1) is 0 Å². The Labute approximate surface area is 153 Å². The molecule has 0 aliphatic rings. The number of rotatable bonds is 11. The molecule has 0 aromatic heterocycles. The van der Waals surface area contributed by atoms with Crippen molar-refractivity contribution in [2.45, 2.75) is 79.7 Å². The zero-order valence-electron chi connectivity index (χ0n) is 16.9. The van der Waals surface area contributed by atoms with Crippen LogP contribution in [-0.4, -0.2) is 48.6 Å². The third kappa shape index (κ3) is 30.8. The minimum atomic E-state index is -0.745. The first-order valence-electron chi connectivity index (χ1n) is 9.31. The van der Waals surface area contributed by atoms with Gasteiger partial charge in [0.1, 0.15) is 0 Å². The highest BCUT2D eigenvalue weighted by Gasteiger charge is 2.04. The fraction of sp³-hybridized carbons (Fsp3) is 0.833. The summed E-state index contributed by atoms with van der Waals surface area (Å²) in [6.07, 6.45) is 3.87. The number of nitrogens with one attached hydrogen (secondary N) is 3. The molecular formula is C18H39N3O4. The predicted octanol–water partition coefficient (Wildman–Crippen LogP) is 2.30. The molecule has 0 saturated heterocycles. The zero-order chi connectivity index (χ0) is 20.1. The van der Waals surface area contributed by atoms with Gasteiger partial charge in [-0.3, -0.25) is 14.4 Å². The molecule has 0 aliphatic carbocycles. The van der Waals surface area contributed by atoms with Gasteiger partial charge in [0, 0.05) is 32.0 Å². The second-order valence-corrected chi connectivity index (χ2v) is 5.44. The van der Waals surface area contributed by atoms with Crippen LogP contribution in [0.4, 0.5) is 0 Å². The van der Waals surface area contributed by atoms with E-state index in [2.05, 4.69) is 22.9 Å². The van der Waals surface area contributed by atoms with E-state index in [9.17, 15) is 14.4 Å². The Kier molecular flexibility index (Phi) is 25.2. The lowest BCUT2D eigenvalue weighted by atomic mass is 10.2. The van der Waals surface area contributed by atoms with Gasteiger partial charge in [0.15, 0.2) is 0 Å². The number of amides is 2. The van der Waals surface area contributed by atoms with Gasteiger partial charge >= 0.3 is 5.97 Å². The van der Waals surface area contributed by atoms with Gasteiger partial charge in [0.25, 0.3) is 0 Å². The lowest BCUT2D eigenvalue weighted by molar-refractivity contribution is -0.136. The van der Waals surface area contributed by atoms with E-state index in [0.29, 0.717) is 25.6 Å². The molecule has 0 saturated carbocycles. The molecule has 0 atom stereocenters. The molecule has 25 heavy (non-hydrogen) atoms. The molecule has 0 rings (SSSR count). The van der Waals surface area contributed by atoms with E-state index < -0.39 is 5.97 Å². The normalized spacial score (nSPS) is 9.24. The summed E-state index contributed by atoms with van der Waals surface area (Å²) < 4.78 is 0. The third-order valence-corrected chi connectivity index (χ3v) is 2.76. The van der Waals surface area contributed by atoms with Crippen LogP contribution in [0.3, 0.4) is 0 Å². The van der Waals surface area contributed by atoms with Gasteiger partial charge in [0.05, 0.1) is 6.54 Å². The zero-order valence-corrected chi connectivity index (χ0v) is 16.9. The summed E-state index contributed by atoms with van der Waals surface area (Å²) in [4.78, 5) is 32.1. The molecule has 0 aromatic carbocycles. The van der Waals surface area contributed by atoms with Crippen molar-refractivity contribution >= 4 is 17.8 Å². The molecule has 0 unspecified atom stereocenters. The van der Waals surface area contributed by atoms with E-state index >= 15 is 0 Å². The summed E-state index contributed by atoms with van der Waals surface area (Å²) in [6, 6.07) is 0.375. The van der Waals surface area contributed by atoms with Crippen molar-refractivity contribution in [3.05, 3.63) is 0 Å². The molecule has 0 radical (unpaired) electrons. The van der Waals surface area contributed by atoms with Gasteiger partial charge in [0.2, 0.25) is 11.8 Å². The first-order valence-corrected chi connectivity index (χ1v) is 9.31. The number of aliphatic carboxylic acids is 1. The van der Waals surface area contributed by atoms with Crippen LogP contribution in [0.1, 0.15) is 73.6 Å². The topological polar surface area (TPSA) is 108 Å². The van der Waals surface area contributed by atoms with Crippen LogP contribution in [0, 0.1) is 0 Å². The maximum atomic E-state index is 11.4. The van der Waals surface area contributed by atoms with Crippen molar-refractivity contribution in [3.63, 3.8) is 0 Å². The van der Waals surface area contributed by atoms with Gasteiger partial charge < -0.3 is 21.1 Å². The summed E-state index contributed by atoms with van der Waals surface area (Å²) >= 11 is 0. The number of carbonyl (C=O) groups is 3. The van der Waals surface area contributed by atoms with Crippen molar-refractivity contribution in [3.8, 4) is 0 Å². The van der Waals surface area contributed by atoms with Gasteiger partial charge in [-0.1, -0.05) is 54.4 Å². The van der Waals surface area contributed by atoms with Crippen LogP contribution in [-0.2, 0) is 14.4 Å². The van der Waals surface area contributed by atoms with Crippen LogP contribution in [0.2, 0.25) is 0 Å². The summed E-state index contributed by atoms with van der Waals surface area (Å²) in [6.45, 7) is 13.2. The monoisotopic (exact) mass is 361 g/mol. The number of unbranched alkanes of at least 4 members (excludes halogenated alkanes) is 2. The van der Waals surface area contributed by atoms with Crippen molar-refractivity contribution in [2.75, 3.05) is 19.6 Å². The Bertz CT molecular complexity index is 334. The number of hydrogen-bond donors (Lipinski definition) is 4. The van der Waals surface area contributed by atoms with E-state index in [1.807, 2.05) is 27.7 Å². The van der Waals surface area contributed by atoms with E-state index in [1.165, 1.54) is 0 Å². The lowest BCUT2D eigenvalue weighted by Gasteiger charge is -2.09. The highest BCUT2D eigenvalue weighted by atomic mass is 16.4. The molecule has 0 aromatic rings. The maximum Gasteiger partial charge on any atom is 0.303 e. The molecular weight excluding hydrogens is 322 g/mol. The Balaban J connectivity index is -0.000000588. The molecule has 0 aliphatic heterocycles. The number of carboxylic acid groups (broad SMARTS) is 1. The highest BCUT2D eigenvalue weighted by Crippen LogP contribution is 1.90. The SMILES string of the molecule is CC.CCC(=O)O.CCCCCNC(=O)CNC(=O)CCNC(C)C. The molecule has 7 heteroatoms. The van der Waals surface area contributed by atoms with Crippen LogP contribution < -0.4 is 16.0 Å². The summed E-state index contributed by atoms with van der Waals surface area (Å²) in [7, 11) is 0. The quantitative estimate of drug-likeness (QED) is 0.422. The fourth-order valence-electron chi connectivity index (χ4n) is 1.41. The van der Waals surface area contributed by atoms with E-state index in [-0.39, 0.29) is 24.8 Å². The van der Waals surface area contributed by atoms with Crippen molar-refractivity contribution in [1.82, 2.24) is 16.0 Å². The third-order valence-electron chi connectivity index (χ3n) is 2.76. The molecule has 4 N–H and O–H groups in total. The smallest absolute Gasteiger partial charge is 0.303 e. The Hall–Kier alpha value is -1.63. The first kappa shape index (κ1) is 28.2. The minimum Gasteiger partial charge on any atom is -0.481 e. The fourth-order valence-corrected chi connectivity index (χ4v) is 1.41. The second-order valence-electron chi connectivity index (χ2n) is 5.44. The van der Waals surface area contributed by atoms with Crippen molar-refractivity contribution < 1.29 is 19.5 Å². The number of carboxylic acids is 1. The molecule has 0 fully saturated rings. The molecule has 7 nitrogen and oxygen atoms in total. The highest BCUT2D eigenvalue weighted by molar-refractivity contribution is 5.84. The van der Waals surface area contributed by atoms with Crippen LogP contribution in [0.5, 0.6) is 0 Å². The van der Waals surface area contributed by atoms with E-state index in [0.717, 1.165) is 19.3 Å². The molecule has 0 bridgehead atoms. The minimum absolute atomic E-state index is 0.0760. The average molecular weight is 362 g/mol. The molecule has 150 valence electrons. The largest absolute Gasteiger partial charge is 0.481 e. The van der Waals surface area contributed by atoms with Crippen molar-refractivity contribution in [1.29, 1.82) is 0 Å². The predicted molar refractivity (Wildman–Crippen MR) is 103 cm³/mol. The van der Waals surface area contributed by atoms with E-state index in [1.54, 1.807) is 6.92 Å². The molecule has 0 spiro atoms. The van der Waals surface area contributed by atoms with Crippen LogP contribution in [0.15, 0.2) is 0 Å². The standard InChI is InChI=1S/C13H27N3O2.C3H6O2.C2H6/c1-4-5-6-8-15-13(18)10-16-12(17)7-9-14-11(2)3;1-2-3(4)5;1-2/h11,14H,4-10H2,1-3H3,(H,15,18)(H,16,17);2H2,1H3,(H,4,5);1-2H3. The van der Waals surface area contributed by atoms with Gasteiger partial charge in [-0.25, -0.2) is 0 Å². The van der Waals surface area contributed by atoms with E-state index in [4.69, 9.17) is 5.11 Å².